The average molecular weight is 367 g/mol. The van der Waals surface area contributed by atoms with Gasteiger partial charge in [-0.15, -0.1) is 0 Å². The first-order chi connectivity index (χ1) is 13.0. The second-order valence-electron chi connectivity index (χ2n) is 7.26. The van der Waals surface area contributed by atoms with Gasteiger partial charge in [-0.3, -0.25) is 9.78 Å². The fourth-order valence-corrected chi connectivity index (χ4v) is 3.89. The smallest absolute Gasteiger partial charge is 0.273 e. The summed E-state index contributed by atoms with van der Waals surface area (Å²) in [6.07, 6.45) is 5.67. The van der Waals surface area contributed by atoms with E-state index >= 15 is 0 Å². The Bertz CT molecular complexity index is 875. The molecule has 2 aromatic heterocycles. The Kier molecular flexibility index (Phi) is 4.63. The second kappa shape index (κ2) is 7.09. The minimum absolute atomic E-state index is 0.0334. The summed E-state index contributed by atoms with van der Waals surface area (Å²) in [4.78, 5) is 34.8. The van der Waals surface area contributed by atoms with Gasteiger partial charge >= 0.3 is 0 Å². The lowest BCUT2D eigenvalue weighted by Crippen LogP contribution is -2.49. The van der Waals surface area contributed by atoms with Crippen LogP contribution in [0.5, 0.6) is 0 Å². The Morgan fingerprint density at radius 1 is 1.04 bits per heavy atom. The van der Waals surface area contributed by atoms with Gasteiger partial charge in [0.05, 0.1) is 11.4 Å². The fraction of sp³-hybridized carbons (Fsp3) is 0.526. The molecule has 27 heavy (non-hydrogen) atoms. The van der Waals surface area contributed by atoms with E-state index in [1.807, 2.05) is 18.7 Å². The number of rotatable bonds is 2. The summed E-state index contributed by atoms with van der Waals surface area (Å²) in [6, 6.07) is 0. The van der Waals surface area contributed by atoms with Crippen molar-refractivity contribution in [1.82, 2.24) is 24.8 Å². The van der Waals surface area contributed by atoms with E-state index in [0.717, 1.165) is 67.2 Å². The summed E-state index contributed by atoms with van der Waals surface area (Å²) in [6.45, 7) is 6.63. The van der Waals surface area contributed by atoms with Crippen LogP contribution in [0.25, 0.3) is 0 Å². The van der Waals surface area contributed by atoms with Crippen LogP contribution in [0, 0.1) is 13.8 Å². The molecule has 0 unspecified atom stereocenters. The average Bonchev–Trinajstić information content (AvgIpc) is 2.69. The summed E-state index contributed by atoms with van der Waals surface area (Å²) in [5.41, 5.74) is 10.1. The molecule has 0 atom stereocenters. The van der Waals surface area contributed by atoms with E-state index in [-0.39, 0.29) is 11.9 Å². The number of aryl methyl sites for hydroxylation is 3. The van der Waals surface area contributed by atoms with Crippen molar-refractivity contribution >= 4 is 17.7 Å². The molecule has 2 N–H and O–H groups in total. The maximum Gasteiger partial charge on any atom is 0.273 e. The number of nitrogen functional groups attached to an aromatic ring is 1. The monoisotopic (exact) mass is 367 g/mol. The fourth-order valence-electron chi connectivity index (χ4n) is 3.89. The second-order valence-corrected chi connectivity index (χ2v) is 7.26. The van der Waals surface area contributed by atoms with Gasteiger partial charge in [-0.25, -0.2) is 15.0 Å². The number of nitrogens with two attached hydrogens (primary N) is 1. The molecule has 8 heteroatoms. The van der Waals surface area contributed by atoms with Gasteiger partial charge in [-0.05, 0) is 39.5 Å². The number of carbonyl (C=O) groups is 1. The number of nitrogens with zero attached hydrogens (tertiary/aromatic N) is 6. The molecule has 1 aliphatic heterocycles. The zero-order valence-electron chi connectivity index (χ0n) is 15.9. The maximum absolute atomic E-state index is 13.1. The zero-order valence-corrected chi connectivity index (χ0v) is 15.9. The molecule has 8 nitrogen and oxygen atoms in total. The summed E-state index contributed by atoms with van der Waals surface area (Å²) in [5, 5.41) is 0. The van der Waals surface area contributed by atoms with Crippen molar-refractivity contribution in [2.45, 2.75) is 39.5 Å². The first-order valence-electron chi connectivity index (χ1n) is 9.52. The molecule has 2 aliphatic rings. The molecular formula is C19H25N7O. The number of aromatic nitrogens is 4. The summed E-state index contributed by atoms with van der Waals surface area (Å²) in [7, 11) is 0. The topological polar surface area (TPSA) is 101 Å². The quantitative estimate of drug-likeness (QED) is 0.854. The largest absolute Gasteiger partial charge is 0.368 e. The Morgan fingerprint density at radius 2 is 1.78 bits per heavy atom. The van der Waals surface area contributed by atoms with Crippen LogP contribution in [0.15, 0.2) is 6.20 Å². The summed E-state index contributed by atoms with van der Waals surface area (Å²) in [5.74, 6) is 1.07. The number of hydrogen-bond donors (Lipinski definition) is 1. The predicted molar refractivity (Wildman–Crippen MR) is 103 cm³/mol. The van der Waals surface area contributed by atoms with Crippen LogP contribution in [0.4, 0.5) is 11.8 Å². The van der Waals surface area contributed by atoms with Crippen molar-refractivity contribution in [3.8, 4) is 0 Å². The van der Waals surface area contributed by atoms with Crippen molar-refractivity contribution < 1.29 is 4.79 Å². The van der Waals surface area contributed by atoms with Crippen molar-refractivity contribution in [2.24, 2.45) is 0 Å². The molecule has 1 saturated heterocycles. The van der Waals surface area contributed by atoms with E-state index in [1.165, 1.54) is 0 Å². The van der Waals surface area contributed by atoms with Gasteiger partial charge in [-0.2, -0.15) is 0 Å². The van der Waals surface area contributed by atoms with Gasteiger partial charge in [0.25, 0.3) is 5.91 Å². The SMILES string of the molecule is Cc1cnc(C)c(N2CCN(C(=O)c3nc(N)nc4c3CCCC4)CC2)n1. The highest BCUT2D eigenvalue weighted by Crippen LogP contribution is 2.25. The van der Waals surface area contributed by atoms with Crippen LogP contribution in [0.1, 0.15) is 46.0 Å². The molecule has 142 valence electrons. The lowest BCUT2D eigenvalue weighted by Gasteiger charge is -2.36. The van der Waals surface area contributed by atoms with Gasteiger partial charge in [-0.1, -0.05) is 0 Å². The van der Waals surface area contributed by atoms with Crippen LogP contribution >= 0.6 is 0 Å². The number of amides is 1. The van der Waals surface area contributed by atoms with E-state index in [4.69, 9.17) is 5.73 Å². The van der Waals surface area contributed by atoms with Gasteiger partial charge < -0.3 is 15.5 Å². The molecule has 1 amide bonds. The minimum atomic E-state index is -0.0334. The summed E-state index contributed by atoms with van der Waals surface area (Å²) < 4.78 is 0. The van der Waals surface area contributed by atoms with E-state index in [9.17, 15) is 4.79 Å². The van der Waals surface area contributed by atoms with Crippen molar-refractivity contribution in [1.29, 1.82) is 0 Å². The van der Waals surface area contributed by atoms with Crippen molar-refractivity contribution in [2.75, 3.05) is 36.8 Å². The molecule has 1 fully saturated rings. The Labute approximate surface area is 158 Å². The standard InChI is InChI=1S/C19H25N7O/c1-12-11-21-13(2)17(22-12)25-7-9-26(10-8-25)18(27)16-14-5-3-4-6-15(14)23-19(20)24-16/h11H,3-10H2,1-2H3,(H2,20,23,24). The Morgan fingerprint density at radius 3 is 2.56 bits per heavy atom. The van der Waals surface area contributed by atoms with Gasteiger partial charge in [0.15, 0.2) is 0 Å². The Hall–Kier alpha value is -2.77. The predicted octanol–water partition coefficient (Wildman–Crippen LogP) is 1.31. The first kappa shape index (κ1) is 17.6. The van der Waals surface area contributed by atoms with Gasteiger partial charge in [0.1, 0.15) is 11.5 Å². The number of anilines is 2. The Balaban J connectivity index is 1.51. The van der Waals surface area contributed by atoms with E-state index < -0.39 is 0 Å². The molecule has 2 aromatic rings. The molecule has 1 aliphatic carbocycles. The highest BCUT2D eigenvalue weighted by molar-refractivity contribution is 5.94. The van der Waals surface area contributed by atoms with Crippen LogP contribution < -0.4 is 10.6 Å². The number of hydrogen-bond acceptors (Lipinski definition) is 7. The third-order valence-corrected chi connectivity index (χ3v) is 5.32. The number of carbonyl (C=O) groups excluding carboxylic acids is 1. The molecule has 0 spiro atoms. The lowest BCUT2D eigenvalue weighted by atomic mass is 9.94. The van der Waals surface area contributed by atoms with Crippen molar-refractivity contribution in [3.63, 3.8) is 0 Å². The van der Waals surface area contributed by atoms with Gasteiger partial charge in [0, 0.05) is 43.6 Å². The third kappa shape index (κ3) is 3.43. The molecule has 4 rings (SSSR count). The number of fused-ring (bicyclic) bond motifs is 1. The first-order valence-corrected chi connectivity index (χ1v) is 9.52. The molecule has 0 saturated carbocycles. The van der Waals surface area contributed by atoms with Crippen LogP contribution in [-0.2, 0) is 12.8 Å². The maximum atomic E-state index is 13.1. The van der Waals surface area contributed by atoms with E-state index in [0.29, 0.717) is 18.8 Å². The molecule has 0 bridgehead atoms. The normalized spacial score (nSPS) is 17.0. The molecule has 3 heterocycles. The molecule has 0 aromatic carbocycles. The zero-order chi connectivity index (χ0) is 19.0. The van der Waals surface area contributed by atoms with Crippen LogP contribution in [-0.4, -0.2) is 56.9 Å². The van der Waals surface area contributed by atoms with Crippen LogP contribution in [0.3, 0.4) is 0 Å². The number of piperazine rings is 1. The van der Waals surface area contributed by atoms with E-state index in [1.54, 1.807) is 6.20 Å². The molecule has 0 radical (unpaired) electrons. The minimum Gasteiger partial charge on any atom is -0.368 e. The molecular weight excluding hydrogens is 342 g/mol. The van der Waals surface area contributed by atoms with Gasteiger partial charge in [0.2, 0.25) is 5.95 Å². The highest BCUT2D eigenvalue weighted by atomic mass is 16.2. The lowest BCUT2D eigenvalue weighted by molar-refractivity contribution is 0.0738. The highest BCUT2D eigenvalue weighted by Gasteiger charge is 2.28. The van der Waals surface area contributed by atoms with Crippen LogP contribution in [0.2, 0.25) is 0 Å². The van der Waals surface area contributed by atoms with Crippen molar-refractivity contribution in [3.05, 3.63) is 34.5 Å². The third-order valence-electron chi connectivity index (χ3n) is 5.32. The summed E-state index contributed by atoms with van der Waals surface area (Å²) >= 11 is 0. The van der Waals surface area contributed by atoms with E-state index in [2.05, 4.69) is 24.8 Å².